The van der Waals surface area contributed by atoms with Crippen LogP contribution in [0.2, 0.25) is 0 Å². The van der Waals surface area contributed by atoms with Crippen LogP contribution in [0.3, 0.4) is 0 Å². The molecule has 0 atom stereocenters. The smallest absolute Gasteiger partial charge is 0.231 e. The van der Waals surface area contributed by atoms with E-state index in [4.69, 9.17) is 0 Å². The third-order valence-corrected chi connectivity index (χ3v) is 4.29. The molecule has 122 valence electrons. The number of aromatic amines is 1. The van der Waals surface area contributed by atoms with Gasteiger partial charge in [-0.3, -0.25) is 0 Å². The van der Waals surface area contributed by atoms with Crippen molar-refractivity contribution < 1.29 is 0 Å². The van der Waals surface area contributed by atoms with E-state index in [-0.39, 0.29) is 5.54 Å². The first kappa shape index (κ1) is 14.9. The fourth-order valence-electron chi connectivity index (χ4n) is 2.51. The number of H-pyrrole nitrogens is 1. The van der Waals surface area contributed by atoms with Crippen molar-refractivity contribution in [2.45, 2.75) is 26.3 Å². The van der Waals surface area contributed by atoms with Crippen LogP contribution >= 0.6 is 11.3 Å². The highest BCUT2D eigenvalue weighted by Gasteiger charge is 2.15. The molecule has 7 heteroatoms. The second-order valence-electron chi connectivity index (χ2n) is 6.67. The second-order valence-corrected chi connectivity index (χ2v) is 7.56. The lowest BCUT2D eigenvalue weighted by atomic mass is 10.1. The standard InChI is InChI=1S/C17H18N6S/c1-17(2,3)23-15-11-6-7-18-14(11)21-16(22-15)20-10-4-5-12-13(8-10)24-9-19-12/h4-9H,1-3H3,(H3,18,20,21,22,23). The summed E-state index contributed by atoms with van der Waals surface area (Å²) >= 11 is 1.62. The summed E-state index contributed by atoms with van der Waals surface area (Å²) in [6.07, 6.45) is 1.88. The average Bonchev–Trinajstić information content (AvgIpc) is 3.13. The van der Waals surface area contributed by atoms with Gasteiger partial charge in [-0.2, -0.15) is 9.97 Å². The lowest BCUT2D eigenvalue weighted by Gasteiger charge is -2.22. The molecular weight excluding hydrogens is 320 g/mol. The van der Waals surface area contributed by atoms with Gasteiger partial charge >= 0.3 is 0 Å². The van der Waals surface area contributed by atoms with Crippen LogP contribution in [0, 0.1) is 0 Å². The Morgan fingerprint density at radius 2 is 2.00 bits per heavy atom. The van der Waals surface area contributed by atoms with Crippen LogP contribution in [-0.4, -0.2) is 25.5 Å². The van der Waals surface area contributed by atoms with Crippen molar-refractivity contribution in [3.63, 3.8) is 0 Å². The third kappa shape index (κ3) is 2.90. The molecule has 3 N–H and O–H groups in total. The number of benzene rings is 1. The molecule has 24 heavy (non-hydrogen) atoms. The maximum atomic E-state index is 4.66. The molecule has 0 aliphatic rings. The van der Waals surface area contributed by atoms with Gasteiger partial charge in [0.25, 0.3) is 0 Å². The van der Waals surface area contributed by atoms with Crippen molar-refractivity contribution in [2.24, 2.45) is 0 Å². The van der Waals surface area contributed by atoms with E-state index in [0.717, 1.165) is 32.8 Å². The van der Waals surface area contributed by atoms with E-state index in [1.54, 1.807) is 11.3 Å². The Hall–Kier alpha value is -2.67. The minimum Gasteiger partial charge on any atom is -0.365 e. The minimum absolute atomic E-state index is 0.0859. The fourth-order valence-corrected chi connectivity index (χ4v) is 3.23. The zero-order valence-electron chi connectivity index (χ0n) is 13.7. The van der Waals surface area contributed by atoms with Crippen molar-refractivity contribution in [1.29, 1.82) is 0 Å². The molecule has 0 saturated heterocycles. The van der Waals surface area contributed by atoms with Gasteiger partial charge in [0.05, 0.1) is 21.1 Å². The van der Waals surface area contributed by atoms with Gasteiger partial charge in [0, 0.05) is 17.4 Å². The molecule has 0 spiro atoms. The molecule has 4 aromatic rings. The average molecular weight is 338 g/mol. The number of nitrogens with zero attached hydrogens (tertiary/aromatic N) is 3. The lowest BCUT2D eigenvalue weighted by molar-refractivity contribution is 0.631. The minimum atomic E-state index is -0.0859. The van der Waals surface area contributed by atoms with Crippen molar-refractivity contribution in [1.82, 2.24) is 19.9 Å². The van der Waals surface area contributed by atoms with Crippen molar-refractivity contribution >= 4 is 50.0 Å². The van der Waals surface area contributed by atoms with Crippen LogP contribution in [0.5, 0.6) is 0 Å². The Labute approximate surface area is 143 Å². The first-order chi connectivity index (χ1) is 11.5. The van der Waals surface area contributed by atoms with Crippen molar-refractivity contribution in [3.8, 4) is 0 Å². The predicted molar refractivity (Wildman–Crippen MR) is 100 cm³/mol. The molecule has 0 aliphatic heterocycles. The highest BCUT2D eigenvalue weighted by atomic mass is 32.1. The number of hydrogen-bond acceptors (Lipinski definition) is 6. The van der Waals surface area contributed by atoms with Gasteiger partial charge < -0.3 is 15.6 Å². The zero-order valence-corrected chi connectivity index (χ0v) is 14.5. The normalized spacial score (nSPS) is 12.0. The summed E-state index contributed by atoms with van der Waals surface area (Å²) in [7, 11) is 0. The zero-order chi connectivity index (χ0) is 16.7. The maximum Gasteiger partial charge on any atom is 0.231 e. The highest BCUT2D eigenvalue weighted by Crippen LogP contribution is 2.27. The summed E-state index contributed by atoms with van der Waals surface area (Å²) in [6, 6.07) is 8.03. The molecule has 0 unspecified atom stereocenters. The van der Waals surface area contributed by atoms with Gasteiger partial charge in [-0.1, -0.05) is 0 Å². The molecule has 6 nitrogen and oxygen atoms in total. The van der Waals surface area contributed by atoms with E-state index in [0.29, 0.717) is 5.95 Å². The van der Waals surface area contributed by atoms with Gasteiger partial charge in [-0.15, -0.1) is 11.3 Å². The summed E-state index contributed by atoms with van der Waals surface area (Å²) in [4.78, 5) is 16.7. The Morgan fingerprint density at radius 3 is 2.83 bits per heavy atom. The second kappa shape index (κ2) is 5.45. The van der Waals surface area contributed by atoms with E-state index < -0.39 is 0 Å². The molecule has 0 radical (unpaired) electrons. The van der Waals surface area contributed by atoms with Crippen LogP contribution in [-0.2, 0) is 0 Å². The summed E-state index contributed by atoms with van der Waals surface area (Å²) in [5, 5.41) is 7.71. The summed E-state index contributed by atoms with van der Waals surface area (Å²) < 4.78 is 1.13. The fraction of sp³-hybridized carbons (Fsp3) is 0.235. The third-order valence-electron chi connectivity index (χ3n) is 3.50. The number of thiazole rings is 1. The Morgan fingerprint density at radius 1 is 1.12 bits per heavy atom. The summed E-state index contributed by atoms with van der Waals surface area (Å²) in [5.74, 6) is 1.37. The molecule has 0 amide bonds. The Kier molecular flexibility index (Phi) is 3.38. The Bertz CT molecular complexity index is 1010. The molecule has 0 aliphatic carbocycles. The number of aromatic nitrogens is 4. The monoisotopic (exact) mass is 338 g/mol. The van der Waals surface area contributed by atoms with Gasteiger partial charge in [-0.05, 0) is 45.0 Å². The number of fused-ring (bicyclic) bond motifs is 2. The molecule has 0 fully saturated rings. The SMILES string of the molecule is CC(C)(C)Nc1nc(Nc2ccc3ncsc3c2)nc2[nH]ccc12. The van der Waals surface area contributed by atoms with Crippen LogP contribution in [0.15, 0.2) is 36.0 Å². The van der Waals surface area contributed by atoms with E-state index in [2.05, 4.69) is 57.4 Å². The first-order valence-electron chi connectivity index (χ1n) is 7.71. The van der Waals surface area contributed by atoms with E-state index >= 15 is 0 Å². The maximum absolute atomic E-state index is 4.66. The molecule has 0 bridgehead atoms. The molecule has 0 saturated carbocycles. The van der Waals surface area contributed by atoms with Crippen LogP contribution in [0.25, 0.3) is 21.3 Å². The van der Waals surface area contributed by atoms with Gasteiger partial charge in [0.2, 0.25) is 5.95 Å². The molecule has 4 rings (SSSR count). The van der Waals surface area contributed by atoms with Crippen LogP contribution < -0.4 is 10.6 Å². The van der Waals surface area contributed by atoms with Gasteiger partial charge in [0.15, 0.2) is 0 Å². The van der Waals surface area contributed by atoms with Crippen molar-refractivity contribution in [2.75, 3.05) is 10.6 Å². The Balaban J connectivity index is 1.73. The summed E-state index contributed by atoms with van der Waals surface area (Å²) in [5.41, 5.74) is 4.51. The first-order valence-corrected chi connectivity index (χ1v) is 8.59. The molecule has 3 heterocycles. The topological polar surface area (TPSA) is 78.5 Å². The van der Waals surface area contributed by atoms with E-state index in [1.807, 2.05) is 29.9 Å². The quantitative estimate of drug-likeness (QED) is 0.512. The van der Waals surface area contributed by atoms with E-state index in [1.165, 1.54) is 0 Å². The molecule has 3 aromatic heterocycles. The number of hydrogen-bond donors (Lipinski definition) is 3. The lowest BCUT2D eigenvalue weighted by Crippen LogP contribution is -2.27. The molecule has 1 aromatic carbocycles. The van der Waals surface area contributed by atoms with Crippen LogP contribution in [0.1, 0.15) is 20.8 Å². The van der Waals surface area contributed by atoms with Gasteiger partial charge in [0.1, 0.15) is 11.5 Å². The van der Waals surface area contributed by atoms with Crippen molar-refractivity contribution in [3.05, 3.63) is 36.0 Å². The number of nitrogens with one attached hydrogen (secondary N) is 3. The summed E-state index contributed by atoms with van der Waals surface area (Å²) in [6.45, 7) is 6.33. The van der Waals surface area contributed by atoms with Gasteiger partial charge in [-0.25, -0.2) is 4.98 Å². The van der Waals surface area contributed by atoms with E-state index in [9.17, 15) is 0 Å². The predicted octanol–water partition coefficient (Wildman–Crippen LogP) is 4.52. The molecular formula is C17H18N6S. The number of anilines is 3. The highest BCUT2D eigenvalue weighted by molar-refractivity contribution is 7.16. The largest absolute Gasteiger partial charge is 0.365 e. The number of rotatable bonds is 3. The van der Waals surface area contributed by atoms with Crippen LogP contribution in [0.4, 0.5) is 17.5 Å².